The predicted octanol–water partition coefficient (Wildman–Crippen LogP) is 2.42. The summed E-state index contributed by atoms with van der Waals surface area (Å²) in [5, 5.41) is 25.9. The molecule has 0 heterocycles. The Kier molecular flexibility index (Phi) is 8.85. The van der Waals surface area contributed by atoms with E-state index < -0.39 is 30.1 Å². The molecule has 7 atom stereocenters. The van der Waals surface area contributed by atoms with Crippen LogP contribution in [0.25, 0.3) is 0 Å². The van der Waals surface area contributed by atoms with Crippen LogP contribution in [0.2, 0.25) is 0 Å². The fraction of sp³-hybridized carbons (Fsp3) is 0.870. The van der Waals surface area contributed by atoms with Gasteiger partial charge in [-0.15, -0.1) is 0 Å². The first-order chi connectivity index (χ1) is 14.1. The van der Waals surface area contributed by atoms with E-state index in [1.165, 1.54) is 0 Å². The molecule has 0 saturated heterocycles. The number of hydrogen-bond acceptors (Lipinski definition) is 5. The smallest absolute Gasteiger partial charge is 0.307 e. The van der Waals surface area contributed by atoms with Crippen LogP contribution in [0.1, 0.15) is 66.7 Å². The van der Waals surface area contributed by atoms with Gasteiger partial charge in [-0.2, -0.15) is 0 Å². The van der Waals surface area contributed by atoms with Crippen molar-refractivity contribution in [2.75, 3.05) is 6.54 Å². The monoisotopic (exact) mass is 424 g/mol. The molecule has 7 heteroatoms. The second-order valence-electron chi connectivity index (χ2n) is 10.1. The van der Waals surface area contributed by atoms with E-state index in [-0.39, 0.29) is 41.8 Å². The van der Waals surface area contributed by atoms with Crippen LogP contribution in [0.15, 0.2) is 0 Å². The molecule has 0 radical (unpaired) electrons. The highest BCUT2D eigenvalue weighted by atomic mass is 16.4. The number of carboxylic acid groups (broad SMARTS) is 1. The fourth-order valence-corrected chi connectivity index (χ4v) is 4.94. The number of rotatable bonds is 14. The van der Waals surface area contributed by atoms with Gasteiger partial charge in [-0.25, -0.2) is 0 Å². The summed E-state index contributed by atoms with van der Waals surface area (Å²) in [5.74, 6) is -1.82. The van der Waals surface area contributed by atoms with E-state index in [2.05, 4.69) is 24.5 Å². The van der Waals surface area contributed by atoms with Gasteiger partial charge < -0.3 is 15.5 Å². The zero-order valence-corrected chi connectivity index (χ0v) is 19.1. The van der Waals surface area contributed by atoms with Crippen LogP contribution < -0.4 is 10.6 Å². The Morgan fingerprint density at radius 1 is 1.00 bits per heavy atom. The Labute approximate surface area is 180 Å². The first-order valence-corrected chi connectivity index (χ1v) is 11.5. The number of ketones is 1. The second kappa shape index (κ2) is 10.7. The third kappa shape index (κ3) is 6.27. The fourth-order valence-electron chi connectivity index (χ4n) is 4.94. The molecule has 0 spiro atoms. The largest absolute Gasteiger partial charge is 0.481 e. The van der Waals surface area contributed by atoms with Gasteiger partial charge in [-0.3, -0.25) is 19.7 Å². The number of aliphatic carboxylic acids is 1. The average molecular weight is 425 g/mol. The molecular formula is C23H40N2O5. The molecule has 0 bridgehead atoms. The summed E-state index contributed by atoms with van der Waals surface area (Å²) < 4.78 is 0. The van der Waals surface area contributed by atoms with Crippen molar-refractivity contribution in [2.45, 2.75) is 79.0 Å². The van der Waals surface area contributed by atoms with Crippen LogP contribution in [0, 0.1) is 41.4 Å². The summed E-state index contributed by atoms with van der Waals surface area (Å²) in [4.78, 5) is 37.4. The molecule has 0 aromatic heterocycles. The number of carbonyl (C=O) groups excluding carboxylic acids is 2. The molecule has 0 aromatic carbocycles. The van der Waals surface area contributed by atoms with Crippen LogP contribution in [0.3, 0.4) is 0 Å². The molecule has 5 unspecified atom stereocenters. The van der Waals surface area contributed by atoms with Gasteiger partial charge in [0, 0.05) is 12.3 Å². The number of fused-ring (bicyclic) bond motifs is 1. The standard InChI is InChI=1S/C23H40N2O5/c1-6-7-24-21(27)14(8-12(2)3)10-18(26)17(9-13(4)5)25-22(28)19-15-11-16(15)20(19)23(29)30/h12-17,19-21,24,27H,6-11H2,1-5H3,(H,25,28)(H,29,30)/t14-,15?,16?,17+,19?,20?,21?/m1/s1. The van der Waals surface area contributed by atoms with Crippen molar-refractivity contribution < 1.29 is 24.6 Å². The molecule has 7 nitrogen and oxygen atoms in total. The number of nitrogens with one attached hydrogen (secondary N) is 2. The van der Waals surface area contributed by atoms with E-state index >= 15 is 0 Å². The van der Waals surface area contributed by atoms with Crippen molar-refractivity contribution >= 4 is 17.7 Å². The number of aliphatic hydroxyl groups excluding tert-OH is 1. The molecule has 172 valence electrons. The number of hydrogen-bond donors (Lipinski definition) is 4. The lowest BCUT2D eigenvalue weighted by atomic mass is 9.73. The molecule has 30 heavy (non-hydrogen) atoms. The van der Waals surface area contributed by atoms with Gasteiger partial charge in [-0.1, -0.05) is 34.6 Å². The lowest BCUT2D eigenvalue weighted by Crippen LogP contribution is -2.52. The number of amides is 1. The first-order valence-electron chi connectivity index (χ1n) is 11.5. The lowest BCUT2D eigenvalue weighted by molar-refractivity contribution is -0.154. The van der Waals surface area contributed by atoms with E-state index in [4.69, 9.17) is 0 Å². The van der Waals surface area contributed by atoms with E-state index in [1.807, 2.05) is 20.8 Å². The molecular weight excluding hydrogens is 384 g/mol. The number of aliphatic hydroxyl groups is 1. The number of carboxylic acids is 1. The lowest BCUT2D eigenvalue weighted by Gasteiger charge is -2.33. The summed E-state index contributed by atoms with van der Waals surface area (Å²) in [5.41, 5.74) is 0. The van der Waals surface area contributed by atoms with E-state index in [1.54, 1.807) is 0 Å². The van der Waals surface area contributed by atoms with Gasteiger partial charge in [0.25, 0.3) is 0 Å². The minimum Gasteiger partial charge on any atom is -0.481 e. The van der Waals surface area contributed by atoms with Crippen LogP contribution in [-0.2, 0) is 14.4 Å². The van der Waals surface area contributed by atoms with Crippen molar-refractivity contribution in [1.82, 2.24) is 10.6 Å². The first kappa shape index (κ1) is 24.8. The zero-order chi connectivity index (χ0) is 22.6. The Bertz CT molecular complexity index is 621. The summed E-state index contributed by atoms with van der Waals surface area (Å²) in [7, 11) is 0. The maximum absolute atomic E-state index is 13.2. The maximum Gasteiger partial charge on any atom is 0.307 e. The Morgan fingerprint density at radius 3 is 2.13 bits per heavy atom. The molecule has 1 amide bonds. The molecule has 0 aromatic rings. The zero-order valence-electron chi connectivity index (χ0n) is 19.1. The highest BCUT2D eigenvalue weighted by molar-refractivity contribution is 5.93. The molecule has 4 N–H and O–H groups in total. The molecule has 0 aliphatic heterocycles. The molecule has 2 aliphatic rings. The maximum atomic E-state index is 13.2. The third-order valence-electron chi connectivity index (χ3n) is 6.49. The van der Waals surface area contributed by atoms with Crippen molar-refractivity contribution in [1.29, 1.82) is 0 Å². The van der Waals surface area contributed by atoms with Crippen LogP contribution in [0.5, 0.6) is 0 Å². The minimum atomic E-state index is -0.914. The average Bonchev–Trinajstić information content (AvgIpc) is 3.29. The van der Waals surface area contributed by atoms with Gasteiger partial charge in [0.2, 0.25) is 5.91 Å². The van der Waals surface area contributed by atoms with Gasteiger partial charge in [0.15, 0.2) is 5.78 Å². The highest BCUT2D eigenvalue weighted by Crippen LogP contribution is 2.64. The van der Waals surface area contributed by atoms with Crippen LogP contribution >= 0.6 is 0 Å². The Morgan fingerprint density at radius 2 is 1.60 bits per heavy atom. The number of carbonyl (C=O) groups is 3. The van der Waals surface area contributed by atoms with E-state index in [0.29, 0.717) is 25.3 Å². The molecule has 2 aliphatic carbocycles. The normalized spacial score (nSPS) is 27.7. The Hall–Kier alpha value is -1.47. The van der Waals surface area contributed by atoms with Gasteiger partial charge in [0.05, 0.1) is 17.9 Å². The quantitative estimate of drug-likeness (QED) is 0.318. The van der Waals surface area contributed by atoms with E-state index in [9.17, 15) is 24.6 Å². The topological polar surface area (TPSA) is 116 Å². The van der Waals surface area contributed by atoms with E-state index in [0.717, 1.165) is 12.8 Å². The van der Waals surface area contributed by atoms with Gasteiger partial charge in [0.1, 0.15) is 6.23 Å². The van der Waals surface area contributed by atoms with Crippen molar-refractivity contribution in [3.63, 3.8) is 0 Å². The van der Waals surface area contributed by atoms with Crippen LogP contribution in [-0.4, -0.2) is 46.7 Å². The summed E-state index contributed by atoms with van der Waals surface area (Å²) >= 11 is 0. The molecule has 2 rings (SSSR count). The van der Waals surface area contributed by atoms with Crippen LogP contribution in [0.4, 0.5) is 0 Å². The van der Waals surface area contributed by atoms with Gasteiger partial charge >= 0.3 is 5.97 Å². The minimum absolute atomic E-state index is 0.0846. The van der Waals surface area contributed by atoms with Crippen molar-refractivity contribution in [2.24, 2.45) is 41.4 Å². The van der Waals surface area contributed by atoms with Gasteiger partial charge in [-0.05, 0) is 55.9 Å². The summed E-state index contributed by atoms with van der Waals surface area (Å²) in [6, 6.07) is -0.641. The highest BCUT2D eigenvalue weighted by Gasteiger charge is 2.67. The third-order valence-corrected chi connectivity index (χ3v) is 6.49. The Balaban J connectivity index is 2.04. The SMILES string of the molecule is CCCNC(O)[C@@H](CC(=O)[C@H](CC(C)C)NC(=O)C1C2CC2C1C(=O)O)CC(C)C. The molecule has 2 saturated carbocycles. The second-order valence-corrected chi connectivity index (χ2v) is 10.1. The molecule has 2 fully saturated rings. The summed E-state index contributed by atoms with van der Waals surface area (Å²) in [6.07, 6.45) is 2.33. The van der Waals surface area contributed by atoms with Crippen molar-refractivity contribution in [3.05, 3.63) is 0 Å². The van der Waals surface area contributed by atoms with Crippen molar-refractivity contribution in [3.8, 4) is 0 Å². The predicted molar refractivity (Wildman–Crippen MR) is 114 cm³/mol. The summed E-state index contributed by atoms with van der Waals surface area (Å²) in [6.45, 7) is 10.8. The number of Topliss-reactive ketones (excluding diaryl/α,β-unsaturated/α-hetero) is 1.